The normalized spacial score (nSPS) is 18.8. The lowest BCUT2D eigenvalue weighted by atomic mass is 9.75. The van der Waals surface area contributed by atoms with E-state index in [0.29, 0.717) is 17.0 Å². The van der Waals surface area contributed by atoms with Crippen LogP contribution in [-0.2, 0) is 0 Å². The Morgan fingerprint density at radius 3 is 2.62 bits per heavy atom. The Morgan fingerprint density at radius 1 is 1.29 bits per heavy atom. The SMILES string of the molecule is CC1(C)CCC(Nc2ccc([N+](=O)[O-])c3nonc23)CC1. The van der Waals surface area contributed by atoms with E-state index in [0.717, 1.165) is 31.4 Å². The molecule has 1 N–H and O–H groups in total. The summed E-state index contributed by atoms with van der Waals surface area (Å²) >= 11 is 0. The molecule has 1 aromatic carbocycles. The van der Waals surface area contributed by atoms with Crippen LogP contribution in [0.2, 0.25) is 0 Å². The van der Waals surface area contributed by atoms with Crippen molar-refractivity contribution in [2.75, 3.05) is 5.32 Å². The number of non-ortho nitro benzene ring substituents is 1. The third-order valence-electron chi connectivity index (χ3n) is 4.29. The highest BCUT2D eigenvalue weighted by Gasteiger charge is 2.28. The minimum absolute atomic E-state index is 0.0819. The van der Waals surface area contributed by atoms with E-state index in [4.69, 9.17) is 0 Å². The summed E-state index contributed by atoms with van der Waals surface area (Å²) in [5.41, 5.74) is 1.69. The number of nitrogens with zero attached hydrogens (tertiary/aromatic N) is 3. The van der Waals surface area contributed by atoms with Crippen LogP contribution in [0.15, 0.2) is 16.8 Å². The summed E-state index contributed by atoms with van der Waals surface area (Å²) in [6, 6.07) is 3.49. The lowest BCUT2D eigenvalue weighted by Gasteiger charge is -2.35. The molecule has 1 aliphatic rings. The van der Waals surface area contributed by atoms with Gasteiger partial charge in [0.25, 0.3) is 0 Å². The molecule has 2 aromatic rings. The Labute approximate surface area is 121 Å². The van der Waals surface area contributed by atoms with E-state index in [1.165, 1.54) is 6.07 Å². The van der Waals surface area contributed by atoms with E-state index in [9.17, 15) is 10.1 Å². The Bertz CT molecular complexity index is 670. The van der Waals surface area contributed by atoms with Crippen molar-refractivity contribution in [1.82, 2.24) is 10.3 Å². The molecule has 1 saturated carbocycles. The quantitative estimate of drug-likeness (QED) is 0.686. The van der Waals surface area contributed by atoms with E-state index < -0.39 is 4.92 Å². The smallest absolute Gasteiger partial charge is 0.300 e. The van der Waals surface area contributed by atoms with Crippen molar-refractivity contribution in [3.63, 3.8) is 0 Å². The van der Waals surface area contributed by atoms with Gasteiger partial charge in [0.15, 0.2) is 5.52 Å². The standard InChI is InChI=1S/C14H18N4O3/c1-14(2)7-5-9(6-8-14)15-10-3-4-11(18(19)20)13-12(10)16-21-17-13/h3-4,9,15H,5-8H2,1-2H3. The van der Waals surface area contributed by atoms with Gasteiger partial charge in [0.1, 0.15) is 0 Å². The minimum atomic E-state index is -0.473. The molecular weight excluding hydrogens is 272 g/mol. The summed E-state index contributed by atoms with van der Waals surface area (Å²) in [5.74, 6) is 0. The Hall–Kier alpha value is -2.18. The van der Waals surface area contributed by atoms with Crippen LogP contribution in [0.25, 0.3) is 11.0 Å². The van der Waals surface area contributed by atoms with Crippen molar-refractivity contribution in [3.05, 3.63) is 22.2 Å². The zero-order chi connectivity index (χ0) is 15.0. The van der Waals surface area contributed by atoms with Crippen LogP contribution in [0, 0.1) is 15.5 Å². The third-order valence-corrected chi connectivity index (χ3v) is 4.29. The molecule has 0 saturated heterocycles. The molecule has 1 aliphatic carbocycles. The van der Waals surface area contributed by atoms with Gasteiger partial charge in [-0.3, -0.25) is 10.1 Å². The van der Waals surface area contributed by atoms with Gasteiger partial charge < -0.3 is 5.32 Å². The highest BCUT2D eigenvalue weighted by atomic mass is 16.6. The molecule has 112 valence electrons. The Kier molecular flexibility index (Phi) is 3.27. The molecule has 1 aromatic heterocycles. The maximum atomic E-state index is 11.0. The molecule has 0 spiro atoms. The largest absolute Gasteiger partial charge is 0.380 e. The zero-order valence-corrected chi connectivity index (χ0v) is 12.1. The van der Waals surface area contributed by atoms with Gasteiger partial charge in [-0.15, -0.1) is 0 Å². The van der Waals surface area contributed by atoms with Crippen LogP contribution < -0.4 is 5.32 Å². The van der Waals surface area contributed by atoms with Gasteiger partial charge in [0.05, 0.1) is 10.6 Å². The second-order valence-electron chi connectivity index (χ2n) is 6.43. The maximum absolute atomic E-state index is 11.0. The van der Waals surface area contributed by atoms with Crippen LogP contribution in [0.3, 0.4) is 0 Å². The first-order chi connectivity index (χ1) is 9.96. The fraction of sp³-hybridized carbons (Fsp3) is 0.571. The lowest BCUT2D eigenvalue weighted by Crippen LogP contribution is -2.29. The highest BCUT2D eigenvalue weighted by molar-refractivity contribution is 5.93. The molecular formula is C14H18N4O3. The number of nitro groups is 1. The maximum Gasteiger partial charge on any atom is 0.300 e. The van der Waals surface area contributed by atoms with Crippen molar-refractivity contribution in [3.8, 4) is 0 Å². The number of hydrogen-bond donors (Lipinski definition) is 1. The van der Waals surface area contributed by atoms with Gasteiger partial charge in [-0.2, -0.15) is 0 Å². The van der Waals surface area contributed by atoms with E-state index >= 15 is 0 Å². The second kappa shape index (κ2) is 4.98. The van der Waals surface area contributed by atoms with Gasteiger partial charge in [-0.1, -0.05) is 13.8 Å². The molecule has 21 heavy (non-hydrogen) atoms. The third kappa shape index (κ3) is 2.68. The molecule has 0 amide bonds. The molecule has 0 bridgehead atoms. The fourth-order valence-corrected chi connectivity index (χ4v) is 2.88. The molecule has 1 heterocycles. The zero-order valence-electron chi connectivity index (χ0n) is 12.1. The predicted molar refractivity (Wildman–Crippen MR) is 78.1 cm³/mol. The van der Waals surface area contributed by atoms with Crippen molar-refractivity contribution < 1.29 is 9.55 Å². The molecule has 0 unspecified atom stereocenters. The van der Waals surface area contributed by atoms with E-state index in [-0.39, 0.29) is 11.2 Å². The average Bonchev–Trinajstić information content (AvgIpc) is 2.90. The number of fused-ring (bicyclic) bond motifs is 1. The topological polar surface area (TPSA) is 94.1 Å². The van der Waals surface area contributed by atoms with Crippen LogP contribution >= 0.6 is 0 Å². The molecule has 7 heteroatoms. The molecule has 7 nitrogen and oxygen atoms in total. The summed E-state index contributed by atoms with van der Waals surface area (Å²) < 4.78 is 4.67. The predicted octanol–water partition coefficient (Wildman–Crippen LogP) is 3.51. The molecule has 0 radical (unpaired) electrons. The number of benzene rings is 1. The summed E-state index contributed by atoms with van der Waals surface area (Å²) in [7, 11) is 0. The monoisotopic (exact) mass is 290 g/mol. The van der Waals surface area contributed by atoms with Gasteiger partial charge >= 0.3 is 5.69 Å². The molecule has 1 fully saturated rings. The second-order valence-corrected chi connectivity index (χ2v) is 6.43. The van der Waals surface area contributed by atoms with Crippen molar-refractivity contribution >= 4 is 22.4 Å². The number of nitrogens with one attached hydrogen (secondary N) is 1. The number of anilines is 1. The van der Waals surface area contributed by atoms with Crippen molar-refractivity contribution in [2.45, 2.75) is 45.6 Å². The molecule has 0 aliphatic heterocycles. The summed E-state index contributed by atoms with van der Waals surface area (Å²) in [4.78, 5) is 10.5. The van der Waals surface area contributed by atoms with Gasteiger partial charge in [0.2, 0.25) is 5.52 Å². The molecule has 3 rings (SSSR count). The first-order valence-electron chi connectivity index (χ1n) is 7.12. The number of aromatic nitrogens is 2. The number of rotatable bonds is 3. The highest BCUT2D eigenvalue weighted by Crippen LogP contribution is 2.37. The first-order valence-corrected chi connectivity index (χ1v) is 7.12. The summed E-state index contributed by atoms with van der Waals surface area (Å²) in [6.45, 7) is 4.57. The number of nitro benzene ring substituents is 1. The van der Waals surface area contributed by atoms with Crippen LogP contribution in [0.5, 0.6) is 0 Å². The van der Waals surface area contributed by atoms with Crippen LogP contribution in [-0.4, -0.2) is 21.3 Å². The van der Waals surface area contributed by atoms with E-state index in [2.05, 4.69) is 34.1 Å². The van der Waals surface area contributed by atoms with Crippen LogP contribution in [0.1, 0.15) is 39.5 Å². The lowest BCUT2D eigenvalue weighted by molar-refractivity contribution is -0.383. The fourth-order valence-electron chi connectivity index (χ4n) is 2.88. The first kappa shape index (κ1) is 13.8. The van der Waals surface area contributed by atoms with Gasteiger partial charge in [-0.05, 0) is 47.5 Å². The Morgan fingerprint density at radius 2 is 1.95 bits per heavy atom. The van der Waals surface area contributed by atoms with E-state index in [1.54, 1.807) is 6.07 Å². The van der Waals surface area contributed by atoms with Crippen molar-refractivity contribution in [1.29, 1.82) is 0 Å². The number of hydrogen-bond acceptors (Lipinski definition) is 6. The van der Waals surface area contributed by atoms with E-state index in [1.807, 2.05) is 0 Å². The summed E-state index contributed by atoms with van der Waals surface area (Å²) in [6.07, 6.45) is 4.49. The average molecular weight is 290 g/mol. The minimum Gasteiger partial charge on any atom is -0.380 e. The molecule has 0 atom stereocenters. The summed E-state index contributed by atoms with van der Waals surface area (Å²) in [5, 5.41) is 21.8. The van der Waals surface area contributed by atoms with Crippen LogP contribution in [0.4, 0.5) is 11.4 Å². The Balaban J connectivity index is 1.84. The van der Waals surface area contributed by atoms with Crippen molar-refractivity contribution in [2.24, 2.45) is 5.41 Å². The van der Waals surface area contributed by atoms with Gasteiger partial charge in [0, 0.05) is 12.1 Å². The van der Waals surface area contributed by atoms with Gasteiger partial charge in [-0.25, -0.2) is 4.63 Å².